The van der Waals surface area contributed by atoms with Crippen molar-refractivity contribution in [1.29, 1.82) is 0 Å². The van der Waals surface area contributed by atoms with Gasteiger partial charge in [0.25, 0.3) is 0 Å². The van der Waals surface area contributed by atoms with E-state index < -0.39 is 0 Å². The van der Waals surface area contributed by atoms with Crippen molar-refractivity contribution in [3.05, 3.63) is 0 Å². The van der Waals surface area contributed by atoms with Crippen molar-refractivity contribution in [1.82, 2.24) is 9.80 Å². The molecule has 0 aromatic rings. The van der Waals surface area contributed by atoms with E-state index in [0.29, 0.717) is 22.5 Å². The summed E-state index contributed by atoms with van der Waals surface area (Å²) in [7, 11) is 20.4. The van der Waals surface area contributed by atoms with Gasteiger partial charge in [-0.25, -0.2) is 0 Å². The van der Waals surface area contributed by atoms with Crippen LogP contribution in [-0.2, 0) is 0 Å². The van der Waals surface area contributed by atoms with Gasteiger partial charge in [-0.3, -0.25) is 0 Å². The lowest BCUT2D eigenvalue weighted by atomic mass is 9.41. The Kier molecular flexibility index (Phi) is 8.68. The predicted molar refractivity (Wildman–Crippen MR) is 134 cm³/mol. The number of likely N-dealkylation sites (N-methyl/N-ethyl adjacent to an activating group) is 2. The first kappa shape index (κ1) is 26.3. The van der Waals surface area contributed by atoms with Crippen LogP contribution in [0.15, 0.2) is 0 Å². The van der Waals surface area contributed by atoms with E-state index in [2.05, 4.69) is 79.5 Å². The second-order valence-corrected chi connectivity index (χ2v) is 12.8. The SMILES string of the molecule is CN(C)CCN(C)C.[B]C1CC2CC(C1C)C2(C)C.[B]C1CC2CC(C1C)C2(C)C. The number of hydrogen-bond acceptors (Lipinski definition) is 2. The van der Waals surface area contributed by atoms with Gasteiger partial charge in [0, 0.05) is 13.1 Å². The monoisotopic (exact) mass is 412 g/mol. The van der Waals surface area contributed by atoms with Crippen molar-refractivity contribution >= 4 is 15.7 Å². The van der Waals surface area contributed by atoms with Gasteiger partial charge in [-0.15, -0.1) is 0 Å². The Morgan fingerprint density at radius 2 is 0.933 bits per heavy atom. The Bertz CT molecular complexity index is 497. The molecule has 2 nitrogen and oxygen atoms in total. The molecule has 6 rings (SSSR count). The van der Waals surface area contributed by atoms with Gasteiger partial charge in [-0.1, -0.05) is 66.0 Å². The molecule has 0 aliphatic heterocycles. The molecule has 8 unspecified atom stereocenters. The zero-order valence-corrected chi connectivity index (χ0v) is 21.9. The summed E-state index contributed by atoms with van der Waals surface area (Å²) in [4.78, 5) is 4.36. The molecule has 0 heterocycles. The van der Waals surface area contributed by atoms with E-state index in [1.54, 1.807) is 0 Å². The van der Waals surface area contributed by atoms with E-state index in [-0.39, 0.29) is 0 Å². The van der Waals surface area contributed by atoms with Crippen LogP contribution in [0.3, 0.4) is 0 Å². The highest BCUT2D eigenvalue weighted by Crippen LogP contribution is 2.64. The van der Waals surface area contributed by atoms with E-state index >= 15 is 0 Å². The second-order valence-electron chi connectivity index (χ2n) is 12.8. The number of rotatable bonds is 3. The number of fused-ring (bicyclic) bond motifs is 4. The maximum atomic E-state index is 6.02. The highest BCUT2D eigenvalue weighted by Gasteiger charge is 2.55. The van der Waals surface area contributed by atoms with Gasteiger partial charge in [0.1, 0.15) is 0 Å². The fourth-order valence-electron chi connectivity index (χ4n) is 6.78. The molecule has 0 aromatic carbocycles. The molecule has 4 heteroatoms. The maximum absolute atomic E-state index is 6.02. The molecule has 8 atom stereocenters. The van der Waals surface area contributed by atoms with Crippen molar-refractivity contribution in [2.75, 3.05) is 41.3 Å². The van der Waals surface area contributed by atoms with Crippen LogP contribution in [0, 0.1) is 46.3 Å². The van der Waals surface area contributed by atoms with Gasteiger partial charge < -0.3 is 9.80 Å². The van der Waals surface area contributed by atoms with E-state index in [0.717, 1.165) is 48.6 Å². The van der Waals surface area contributed by atoms with E-state index in [4.69, 9.17) is 15.7 Å². The zero-order chi connectivity index (χ0) is 23.0. The molecule has 6 saturated carbocycles. The first-order valence-electron chi connectivity index (χ1n) is 12.5. The number of hydrogen-bond donors (Lipinski definition) is 0. The molecule has 170 valence electrons. The summed E-state index contributed by atoms with van der Waals surface area (Å²) in [5.41, 5.74) is 1.21. The maximum Gasteiger partial charge on any atom is 0.0703 e. The molecule has 0 amide bonds. The van der Waals surface area contributed by atoms with Crippen LogP contribution in [0.25, 0.3) is 0 Å². The van der Waals surface area contributed by atoms with Gasteiger partial charge in [0.15, 0.2) is 0 Å². The average molecular weight is 412 g/mol. The van der Waals surface area contributed by atoms with Gasteiger partial charge in [0.05, 0.1) is 15.7 Å². The lowest BCUT2D eigenvalue weighted by Crippen LogP contribution is -2.53. The molecular formula is C26H50B2N2. The van der Waals surface area contributed by atoms with Crippen LogP contribution in [-0.4, -0.2) is 66.8 Å². The third-order valence-corrected chi connectivity index (χ3v) is 9.82. The molecule has 4 radical (unpaired) electrons. The molecule has 0 aromatic heterocycles. The standard InChI is InChI=1S/2C10H17B.C6H16N2/c2*1-6-8-4-7(5-9(6)11)10(8,2)3;1-7(2)5-6-8(3)4/h2*6-9H,4-5H2,1-3H3;5-6H2,1-4H3. The van der Waals surface area contributed by atoms with Crippen LogP contribution in [0.4, 0.5) is 0 Å². The van der Waals surface area contributed by atoms with Gasteiger partial charge >= 0.3 is 0 Å². The summed E-state index contributed by atoms with van der Waals surface area (Å²) in [5, 5.41) is 0. The minimum absolute atomic E-state index is 0.492. The van der Waals surface area contributed by atoms with E-state index in [9.17, 15) is 0 Å². The molecule has 6 aliphatic carbocycles. The quantitative estimate of drug-likeness (QED) is 0.573. The topological polar surface area (TPSA) is 6.48 Å². The van der Waals surface area contributed by atoms with Crippen LogP contribution >= 0.6 is 0 Å². The van der Waals surface area contributed by atoms with Crippen molar-refractivity contribution in [2.45, 2.75) is 78.9 Å². The van der Waals surface area contributed by atoms with E-state index in [1.807, 2.05) is 0 Å². The normalized spacial score (nSPS) is 42.1. The Morgan fingerprint density at radius 3 is 1.10 bits per heavy atom. The van der Waals surface area contributed by atoms with Crippen molar-refractivity contribution in [2.24, 2.45) is 46.3 Å². The average Bonchev–Trinajstić information content (AvgIpc) is 2.64. The van der Waals surface area contributed by atoms with Crippen molar-refractivity contribution < 1.29 is 0 Å². The van der Waals surface area contributed by atoms with Gasteiger partial charge in [-0.2, -0.15) is 0 Å². The largest absolute Gasteiger partial charge is 0.308 e. The summed E-state index contributed by atoms with van der Waals surface area (Å²) in [6, 6.07) is 0. The third-order valence-electron chi connectivity index (χ3n) is 9.82. The predicted octanol–water partition coefficient (Wildman–Crippen LogP) is 5.40. The smallest absolute Gasteiger partial charge is 0.0703 e. The fourth-order valence-corrected chi connectivity index (χ4v) is 6.78. The molecule has 6 aliphatic rings. The summed E-state index contributed by atoms with van der Waals surface area (Å²) in [6.45, 7) is 16.6. The lowest BCUT2D eigenvalue weighted by Gasteiger charge is -2.62. The number of nitrogens with zero attached hydrogens (tertiary/aromatic N) is 2. The Hall–Kier alpha value is 0.0499. The minimum atomic E-state index is 0.492. The molecular weight excluding hydrogens is 362 g/mol. The fraction of sp³-hybridized carbons (Fsp3) is 1.00. The minimum Gasteiger partial charge on any atom is -0.308 e. The second kappa shape index (κ2) is 9.90. The molecule has 0 spiro atoms. The summed E-state index contributed by atoms with van der Waals surface area (Å²) in [5.74, 6) is 6.19. The molecule has 6 fully saturated rings. The van der Waals surface area contributed by atoms with Crippen LogP contribution in [0.1, 0.15) is 67.2 Å². The molecule has 0 N–H and O–H groups in total. The highest BCUT2D eigenvalue weighted by molar-refractivity contribution is 6.12. The van der Waals surface area contributed by atoms with Gasteiger partial charge in [-0.05, 0) is 87.4 Å². The van der Waals surface area contributed by atoms with Crippen LogP contribution < -0.4 is 0 Å². The first-order valence-corrected chi connectivity index (χ1v) is 12.5. The van der Waals surface area contributed by atoms with E-state index in [1.165, 1.54) is 25.7 Å². The summed E-state index contributed by atoms with van der Waals surface area (Å²) < 4.78 is 0. The summed E-state index contributed by atoms with van der Waals surface area (Å²) in [6.07, 6.45) is 5.43. The van der Waals surface area contributed by atoms with Crippen LogP contribution in [0.5, 0.6) is 0 Å². The Morgan fingerprint density at radius 1 is 0.633 bits per heavy atom. The highest BCUT2D eigenvalue weighted by atomic mass is 15.1. The Labute approximate surface area is 192 Å². The van der Waals surface area contributed by atoms with Crippen molar-refractivity contribution in [3.63, 3.8) is 0 Å². The lowest BCUT2D eigenvalue weighted by molar-refractivity contribution is -0.0980. The third kappa shape index (κ3) is 5.51. The van der Waals surface area contributed by atoms with Crippen LogP contribution in [0.2, 0.25) is 11.6 Å². The summed E-state index contributed by atoms with van der Waals surface area (Å²) >= 11 is 0. The zero-order valence-electron chi connectivity index (χ0n) is 21.9. The molecule has 30 heavy (non-hydrogen) atoms. The first-order chi connectivity index (χ1) is 13.7. The molecule has 4 bridgehead atoms. The van der Waals surface area contributed by atoms with Crippen molar-refractivity contribution in [3.8, 4) is 0 Å². The van der Waals surface area contributed by atoms with Gasteiger partial charge in [0.2, 0.25) is 0 Å². The molecule has 0 saturated heterocycles. The Balaban J connectivity index is 0.000000163.